The fraction of sp³-hybridized carbons (Fsp3) is 0.0500. The van der Waals surface area contributed by atoms with Crippen LogP contribution in [0.1, 0.15) is 15.9 Å². The van der Waals surface area contributed by atoms with E-state index >= 15 is 0 Å². The van der Waals surface area contributed by atoms with Crippen molar-refractivity contribution in [1.29, 1.82) is 5.26 Å². The molecule has 6 nitrogen and oxygen atoms in total. The predicted octanol–water partition coefficient (Wildman–Crippen LogP) is 3.96. The van der Waals surface area contributed by atoms with E-state index in [2.05, 4.69) is 21.7 Å². The number of methoxy groups -OCH3 is 1. The number of amides is 1. The lowest BCUT2D eigenvalue weighted by atomic mass is 10.2. The number of anilines is 3. The number of aromatic nitrogens is 1. The highest BCUT2D eigenvalue weighted by molar-refractivity contribution is 6.05. The number of nitrogens with one attached hydrogen (secondary N) is 2. The maximum absolute atomic E-state index is 12.5. The Hall–Kier alpha value is -3.85. The van der Waals surface area contributed by atoms with Crippen LogP contribution in [0.3, 0.4) is 0 Å². The summed E-state index contributed by atoms with van der Waals surface area (Å²) in [4.78, 5) is 16.6. The molecule has 1 heterocycles. The van der Waals surface area contributed by atoms with Gasteiger partial charge >= 0.3 is 0 Å². The van der Waals surface area contributed by atoms with Crippen molar-refractivity contribution in [2.24, 2.45) is 0 Å². The number of carbonyl (C=O) groups is 1. The first-order valence-electron chi connectivity index (χ1n) is 7.86. The van der Waals surface area contributed by atoms with Gasteiger partial charge in [0.05, 0.1) is 41.9 Å². The zero-order valence-corrected chi connectivity index (χ0v) is 14.1. The lowest BCUT2D eigenvalue weighted by Gasteiger charge is -2.11. The molecule has 0 saturated heterocycles. The van der Waals surface area contributed by atoms with Crippen LogP contribution in [0.15, 0.2) is 67.0 Å². The van der Waals surface area contributed by atoms with E-state index in [1.54, 1.807) is 49.7 Å². The largest absolute Gasteiger partial charge is 0.495 e. The number of nitriles is 1. The predicted molar refractivity (Wildman–Crippen MR) is 99.6 cm³/mol. The molecule has 0 aliphatic heterocycles. The second kappa shape index (κ2) is 7.81. The van der Waals surface area contributed by atoms with Gasteiger partial charge in [-0.2, -0.15) is 5.26 Å². The summed E-state index contributed by atoms with van der Waals surface area (Å²) in [5.74, 6) is 0.285. The molecule has 0 aliphatic carbocycles. The molecule has 0 radical (unpaired) electrons. The summed E-state index contributed by atoms with van der Waals surface area (Å²) in [6.07, 6.45) is 3.10. The van der Waals surface area contributed by atoms with E-state index < -0.39 is 0 Å². The SMILES string of the molecule is COc1ccccc1NC(=O)c1cncc(Nc2cccc(C#N)c2)c1. The van der Waals surface area contributed by atoms with Crippen LogP contribution in [-0.4, -0.2) is 18.0 Å². The number of benzene rings is 2. The minimum atomic E-state index is -0.295. The van der Waals surface area contributed by atoms with Gasteiger partial charge in [0, 0.05) is 11.9 Å². The highest BCUT2D eigenvalue weighted by atomic mass is 16.5. The maximum atomic E-state index is 12.5. The maximum Gasteiger partial charge on any atom is 0.257 e. The number of carbonyl (C=O) groups excluding carboxylic acids is 1. The van der Waals surface area contributed by atoms with Crippen LogP contribution >= 0.6 is 0 Å². The van der Waals surface area contributed by atoms with Gasteiger partial charge in [-0.25, -0.2) is 0 Å². The molecular formula is C20H16N4O2. The number of hydrogen-bond acceptors (Lipinski definition) is 5. The highest BCUT2D eigenvalue weighted by Gasteiger charge is 2.10. The van der Waals surface area contributed by atoms with Crippen molar-refractivity contribution in [3.8, 4) is 11.8 Å². The zero-order valence-electron chi connectivity index (χ0n) is 14.1. The van der Waals surface area contributed by atoms with Crippen LogP contribution in [0.25, 0.3) is 0 Å². The zero-order chi connectivity index (χ0) is 18.4. The fourth-order valence-corrected chi connectivity index (χ4v) is 2.41. The van der Waals surface area contributed by atoms with Crippen molar-refractivity contribution in [2.75, 3.05) is 17.7 Å². The smallest absolute Gasteiger partial charge is 0.257 e. The third kappa shape index (κ3) is 3.97. The van der Waals surface area contributed by atoms with E-state index in [4.69, 9.17) is 10.00 Å². The van der Waals surface area contributed by atoms with Crippen molar-refractivity contribution in [3.63, 3.8) is 0 Å². The van der Waals surface area contributed by atoms with Crippen molar-refractivity contribution in [2.45, 2.75) is 0 Å². The summed E-state index contributed by atoms with van der Waals surface area (Å²) >= 11 is 0. The molecule has 0 fully saturated rings. The standard InChI is InChI=1S/C20H16N4O2/c1-26-19-8-3-2-7-18(19)24-20(25)15-10-17(13-22-12-15)23-16-6-4-5-14(9-16)11-21/h2-10,12-13,23H,1H3,(H,24,25). The molecule has 0 spiro atoms. The first-order valence-corrected chi connectivity index (χ1v) is 7.86. The third-order valence-electron chi connectivity index (χ3n) is 3.64. The van der Waals surface area contributed by atoms with Crippen LogP contribution < -0.4 is 15.4 Å². The quantitative estimate of drug-likeness (QED) is 0.731. The molecule has 0 unspecified atom stereocenters. The summed E-state index contributed by atoms with van der Waals surface area (Å²) in [7, 11) is 1.55. The number of para-hydroxylation sites is 2. The van der Waals surface area contributed by atoms with Gasteiger partial charge in [-0.1, -0.05) is 18.2 Å². The Morgan fingerprint density at radius 3 is 2.73 bits per heavy atom. The molecular weight excluding hydrogens is 328 g/mol. The molecule has 0 aliphatic rings. The van der Waals surface area contributed by atoms with Crippen molar-refractivity contribution < 1.29 is 9.53 Å². The summed E-state index contributed by atoms with van der Waals surface area (Å²) in [5, 5.41) is 14.9. The molecule has 3 aromatic rings. The molecule has 1 amide bonds. The first kappa shape index (κ1) is 17.0. The monoisotopic (exact) mass is 344 g/mol. The Kier molecular flexibility index (Phi) is 5.11. The van der Waals surface area contributed by atoms with Gasteiger partial charge in [0.1, 0.15) is 5.75 Å². The molecule has 2 aromatic carbocycles. The van der Waals surface area contributed by atoms with E-state index in [0.717, 1.165) is 5.69 Å². The van der Waals surface area contributed by atoms with E-state index in [-0.39, 0.29) is 5.91 Å². The highest BCUT2D eigenvalue weighted by Crippen LogP contribution is 2.24. The van der Waals surface area contributed by atoms with E-state index in [1.807, 2.05) is 18.2 Å². The average molecular weight is 344 g/mol. The van der Waals surface area contributed by atoms with E-state index in [9.17, 15) is 4.79 Å². The van der Waals surface area contributed by atoms with Crippen molar-refractivity contribution in [1.82, 2.24) is 4.98 Å². The Balaban J connectivity index is 1.78. The van der Waals surface area contributed by atoms with Crippen LogP contribution in [0.4, 0.5) is 17.1 Å². The molecule has 0 atom stereocenters. The molecule has 3 rings (SSSR count). The second-order valence-electron chi connectivity index (χ2n) is 5.43. The molecule has 1 aromatic heterocycles. The average Bonchev–Trinajstić information content (AvgIpc) is 2.68. The molecule has 128 valence electrons. The molecule has 0 saturated carbocycles. The number of pyridine rings is 1. The van der Waals surface area contributed by atoms with Gasteiger partial charge < -0.3 is 15.4 Å². The topological polar surface area (TPSA) is 87.0 Å². The van der Waals surface area contributed by atoms with Crippen LogP contribution in [0.2, 0.25) is 0 Å². The normalized spacial score (nSPS) is 9.85. The Morgan fingerprint density at radius 1 is 1.08 bits per heavy atom. The Morgan fingerprint density at radius 2 is 1.92 bits per heavy atom. The van der Waals surface area contributed by atoms with E-state index in [1.165, 1.54) is 6.20 Å². The number of ether oxygens (including phenoxy) is 1. The van der Waals surface area contributed by atoms with Gasteiger partial charge in [-0.3, -0.25) is 9.78 Å². The lowest BCUT2D eigenvalue weighted by Crippen LogP contribution is -2.13. The first-order chi connectivity index (χ1) is 12.7. The Labute approximate surface area is 151 Å². The van der Waals surface area contributed by atoms with Gasteiger partial charge in [0.15, 0.2) is 0 Å². The minimum absolute atomic E-state index is 0.295. The molecule has 6 heteroatoms. The van der Waals surface area contributed by atoms with Gasteiger partial charge in [0.2, 0.25) is 0 Å². The molecule has 2 N–H and O–H groups in total. The Bertz CT molecular complexity index is 979. The van der Waals surface area contributed by atoms with Gasteiger partial charge in [-0.15, -0.1) is 0 Å². The van der Waals surface area contributed by atoms with Gasteiger partial charge in [-0.05, 0) is 36.4 Å². The summed E-state index contributed by atoms with van der Waals surface area (Å²) in [6, 6.07) is 18.0. The third-order valence-corrected chi connectivity index (χ3v) is 3.64. The van der Waals surface area contributed by atoms with Crippen LogP contribution in [0.5, 0.6) is 5.75 Å². The van der Waals surface area contributed by atoms with Crippen LogP contribution in [-0.2, 0) is 0 Å². The van der Waals surface area contributed by atoms with Crippen LogP contribution in [0, 0.1) is 11.3 Å². The van der Waals surface area contributed by atoms with Crippen molar-refractivity contribution in [3.05, 3.63) is 78.1 Å². The summed E-state index contributed by atoms with van der Waals surface area (Å²) in [5.41, 5.74) is 2.92. The fourth-order valence-electron chi connectivity index (χ4n) is 2.41. The summed E-state index contributed by atoms with van der Waals surface area (Å²) < 4.78 is 5.24. The van der Waals surface area contributed by atoms with E-state index in [0.29, 0.717) is 28.3 Å². The minimum Gasteiger partial charge on any atom is -0.495 e. The molecule has 26 heavy (non-hydrogen) atoms. The number of rotatable bonds is 5. The lowest BCUT2D eigenvalue weighted by molar-refractivity contribution is 0.102. The summed E-state index contributed by atoms with van der Waals surface area (Å²) in [6.45, 7) is 0. The number of nitrogens with zero attached hydrogens (tertiary/aromatic N) is 2. The van der Waals surface area contributed by atoms with Crippen molar-refractivity contribution >= 4 is 23.0 Å². The van der Waals surface area contributed by atoms with Gasteiger partial charge in [0.25, 0.3) is 5.91 Å². The second-order valence-corrected chi connectivity index (χ2v) is 5.43. The molecule has 0 bridgehead atoms. The number of hydrogen-bond donors (Lipinski definition) is 2.